The van der Waals surface area contributed by atoms with Crippen LogP contribution in [-0.4, -0.2) is 47.7 Å². The zero-order valence-corrected chi connectivity index (χ0v) is 12.5. The molecule has 2 fully saturated rings. The summed E-state index contributed by atoms with van der Waals surface area (Å²) in [5.74, 6) is 0. The Labute approximate surface area is 128 Å². The predicted molar refractivity (Wildman–Crippen MR) is 77.8 cm³/mol. The minimum absolute atomic E-state index is 0.310. The van der Waals surface area contributed by atoms with Gasteiger partial charge in [0.05, 0.1) is 19.2 Å². The quantitative estimate of drug-likeness (QED) is 0.907. The summed E-state index contributed by atoms with van der Waals surface area (Å²) < 4.78 is 10.5. The number of carbonyl (C=O) groups is 2. The van der Waals surface area contributed by atoms with Crippen molar-refractivity contribution in [2.45, 2.75) is 25.6 Å². The Balaban J connectivity index is 1.84. The first kappa shape index (κ1) is 14.6. The molecule has 1 N–H and O–H groups in total. The number of benzene rings is 1. The summed E-state index contributed by atoms with van der Waals surface area (Å²) in [5.41, 5.74) is 0.726. The molecule has 3 rings (SSSR count). The highest BCUT2D eigenvalue weighted by molar-refractivity contribution is 5.89. The van der Waals surface area contributed by atoms with Crippen molar-refractivity contribution in [3.8, 4) is 0 Å². The highest BCUT2D eigenvalue weighted by Gasteiger charge is 2.44. The van der Waals surface area contributed by atoms with Crippen molar-refractivity contribution < 1.29 is 24.2 Å². The SMILES string of the molecule is CC1(C)OC[C@@H](c2ccc(N3CCOC3=O)cc2)N1C(=O)O. The second-order valence-corrected chi connectivity index (χ2v) is 5.78. The maximum Gasteiger partial charge on any atom is 0.414 e. The van der Waals surface area contributed by atoms with Gasteiger partial charge in [0.15, 0.2) is 0 Å². The van der Waals surface area contributed by atoms with Gasteiger partial charge in [0.1, 0.15) is 12.3 Å². The van der Waals surface area contributed by atoms with Gasteiger partial charge < -0.3 is 14.6 Å². The lowest BCUT2D eigenvalue weighted by molar-refractivity contribution is -0.0420. The maximum atomic E-state index is 11.5. The molecule has 0 aromatic heterocycles. The minimum atomic E-state index is -1.01. The van der Waals surface area contributed by atoms with E-state index in [1.807, 2.05) is 12.1 Å². The molecule has 0 aliphatic carbocycles. The molecule has 1 aromatic carbocycles. The number of hydrogen-bond acceptors (Lipinski definition) is 4. The number of nitrogens with zero attached hydrogens (tertiary/aromatic N) is 2. The summed E-state index contributed by atoms with van der Waals surface area (Å²) in [6.07, 6.45) is -1.37. The third kappa shape index (κ3) is 2.37. The molecular weight excluding hydrogens is 288 g/mol. The second-order valence-electron chi connectivity index (χ2n) is 5.78. The van der Waals surface area contributed by atoms with E-state index in [0.29, 0.717) is 19.8 Å². The highest BCUT2D eigenvalue weighted by atomic mass is 16.6. The number of rotatable bonds is 2. The fourth-order valence-electron chi connectivity index (χ4n) is 2.92. The van der Waals surface area contributed by atoms with Gasteiger partial charge in [-0.3, -0.25) is 9.80 Å². The third-order valence-corrected chi connectivity index (χ3v) is 4.04. The van der Waals surface area contributed by atoms with Crippen LogP contribution in [0.1, 0.15) is 25.5 Å². The fourth-order valence-corrected chi connectivity index (χ4v) is 2.92. The lowest BCUT2D eigenvalue weighted by Crippen LogP contribution is -2.44. The van der Waals surface area contributed by atoms with Crippen LogP contribution < -0.4 is 4.90 Å². The van der Waals surface area contributed by atoms with Crippen LogP contribution in [0.3, 0.4) is 0 Å². The van der Waals surface area contributed by atoms with Gasteiger partial charge in [0, 0.05) is 5.69 Å². The molecule has 22 heavy (non-hydrogen) atoms. The lowest BCUT2D eigenvalue weighted by Gasteiger charge is -2.31. The van der Waals surface area contributed by atoms with Gasteiger partial charge in [-0.2, -0.15) is 0 Å². The van der Waals surface area contributed by atoms with Gasteiger partial charge in [0.25, 0.3) is 0 Å². The van der Waals surface area contributed by atoms with Gasteiger partial charge >= 0.3 is 12.2 Å². The molecule has 2 amide bonds. The van der Waals surface area contributed by atoms with Crippen molar-refractivity contribution in [2.75, 3.05) is 24.7 Å². The monoisotopic (exact) mass is 306 g/mol. The largest absolute Gasteiger partial charge is 0.465 e. The Hall–Kier alpha value is -2.28. The van der Waals surface area contributed by atoms with Crippen LogP contribution in [0.15, 0.2) is 24.3 Å². The Kier molecular flexibility index (Phi) is 3.44. The lowest BCUT2D eigenvalue weighted by atomic mass is 10.1. The number of hydrogen-bond donors (Lipinski definition) is 1. The molecule has 118 valence electrons. The van der Waals surface area contributed by atoms with Crippen molar-refractivity contribution in [1.82, 2.24) is 4.90 Å². The van der Waals surface area contributed by atoms with Crippen LogP contribution in [0.2, 0.25) is 0 Å². The van der Waals surface area contributed by atoms with E-state index < -0.39 is 11.8 Å². The molecule has 0 bridgehead atoms. The van der Waals surface area contributed by atoms with Gasteiger partial charge in [-0.15, -0.1) is 0 Å². The number of cyclic esters (lactones) is 1. The third-order valence-electron chi connectivity index (χ3n) is 4.04. The van der Waals surface area contributed by atoms with E-state index in [0.717, 1.165) is 11.3 Å². The van der Waals surface area contributed by atoms with Crippen molar-refractivity contribution >= 4 is 17.9 Å². The van der Waals surface area contributed by atoms with Crippen LogP contribution in [0, 0.1) is 0 Å². The molecule has 2 heterocycles. The summed E-state index contributed by atoms with van der Waals surface area (Å²) in [6.45, 7) is 4.69. The van der Waals surface area contributed by atoms with Crippen LogP contribution in [0.25, 0.3) is 0 Å². The summed E-state index contributed by atoms with van der Waals surface area (Å²) in [6, 6.07) is 6.89. The van der Waals surface area contributed by atoms with Crippen LogP contribution >= 0.6 is 0 Å². The molecule has 7 nitrogen and oxygen atoms in total. The van der Waals surface area contributed by atoms with E-state index in [1.165, 1.54) is 4.90 Å². The summed E-state index contributed by atoms with van der Waals surface area (Å²) in [4.78, 5) is 25.9. The standard InChI is InChI=1S/C15H18N2O5/c1-15(2)17(13(18)19)12(9-22-15)10-3-5-11(6-4-10)16-7-8-21-14(16)20/h3-6,12H,7-9H2,1-2H3,(H,18,19)/t12-/m0/s1. The molecule has 0 spiro atoms. The van der Waals surface area contributed by atoms with E-state index in [1.54, 1.807) is 30.9 Å². The van der Waals surface area contributed by atoms with Gasteiger partial charge in [-0.1, -0.05) is 12.1 Å². The highest BCUT2D eigenvalue weighted by Crippen LogP contribution is 2.37. The smallest absolute Gasteiger partial charge is 0.414 e. The first-order valence-corrected chi connectivity index (χ1v) is 7.10. The molecule has 0 saturated carbocycles. The van der Waals surface area contributed by atoms with Crippen molar-refractivity contribution in [1.29, 1.82) is 0 Å². The summed E-state index contributed by atoms with van der Waals surface area (Å²) >= 11 is 0. The van der Waals surface area contributed by atoms with Crippen LogP contribution in [0.4, 0.5) is 15.3 Å². The molecule has 1 atom stereocenters. The molecule has 1 aromatic rings. The fraction of sp³-hybridized carbons (Fsp3) is 0.467. The molecule has 7 heteroatoms. The van der Waals surface area contributed by atoms with E-state index >= 15 is 0 Å². The van der Waals surface area contributed by atoms with Crippen LogP contribution in [-0.2, 0) is 9.47 Å². The van der Waals surface area contributed by atoms with E-state index in [2.05, 4.69) is 0 Å². The van der Waals surface area contributed by atoms with Crippen molar-refractivity contribution in [3.63, 3.8) is 0 Å². The number of carboxylic acid groups (broad SMARTS) is 1. The Morgan fingerprint density at radius 2 is 2.00 bits per heavy atom. The van der Waals surface area contributed by atoms with E-state index in [-0.39, 0.29) is 12.1 Å². The number of amides is 2. The molecule has 2 aliphatic rings. The summed E-state index contributed by atoms with van der Waals surface area (Å²) in [7, 11) is 0. The van der Waals surface area contributed by atoms with Gasteiger partial charge in [0.2, 0.25) is 0 Å². The maximum absolute atomic E-state index is 11.5. The van der Waals surface area contributed by atoms with Crippen molar-refractivity contribution in [2.24, 2.45) is 0 Å². The minimum Gasteiger partial charge on any atom is -0.465 e. The predicted octanol–water partition coefficient (Wildman–Crippen LogP) is 2.43. The number of carbonyl (C=O) groups excluding carboxylic acids is 1. The second kappa shape index (κ2) is 5.17. The van der Waals surface area contributed by atoms with Gasteiger partial charge in [-0.25, -0.2) is 9.59 Å². The molecular formula is C15H18N2O5. The van der Waals surface area contributed by atoms with Gasteiger partial charge in [-0.05, 0) is 31.5 Å². The molecule has 2 aliphatic heterocycles. The van der Waals surface area contributed by atoms with Crippen molar-refractivity contribution in [3.05, 3.63) is 29.8 Å². The first-order chi connectivity index (χ1) is 10.4. The zero-order valence-electron chi connectivity index (χ0n) is 12.5. The normalized spacial score (nSPS) is 23.7. The Bertz CT molecular complexity index is 598. The Morgan fingerprint density at radius 1 is 1.32 bits per heavy atom. The van der Waals surface area contributed by atoms with E-state index in [9.17, 15) is 14.7 Å². The van der Waals surface area contributed by atoms with Crippen LogP contribution in [0.5, 0.6) is 0 Å². The number of anilines is 1. The van der Waals surface area contributed by atoms with E-state index in [4.69, 9.17) is 9.47 Å². The summed E-state index contributed by atoms with van der Waals surface area (Å²) in [5, 5.41) is 9.42. The molecule has 0 unspecified atom stereocenters. The molecule has 0 radical (unpaired) electrons. The average molecular weight is 306 g/mol. The average Bonchev–Trinajstić information content (AvgIpc) is 3.02. The zero-order chi connectivity index (χ0) is 15.9. The first-order valence-electron chi connectivity index (χ1n) is 7.10. The molecule has 2 saturated heterocycles. The number of ether oxygens (including phenoxy) is 2. The topological polar surface area (TPSA) is 79.3 Å². The Morgan fingerprint density at radius 3 is 2.55 bits per heavy atom.